The zero-order valence-corrected chi connectivity index (χ0v) is 17.4. The maximum Gasteiger partial charge on any atom is 0.139 e. The quantitative estimate of drug-likeness (QED) is 0.520. The van der Waals surface area contributed by atoms with Crippen molar-refractivity contribution in [2.45, 2.75) is 57.9 Å². The molecule has 1 aliphatic carbocycles. The summed E-state index contributed by atoms with van der Waals surface area (Å²) in [5.74, 6) is 7.33. The van der Waals surface area contributed by atoms with Crippen molar-refractivity contribution in [2.24, 2.45) is 5.92 Å². The molecule has 0 unspecified atom stereocenters. The molecule has 2 heteroatoms. The first-order chi connectivity index (χ1) is 12.7. The number of halogens is 1. The Morgan fingerprint density at radius 1 is 1.00 bits per heavy atom. The van der Waals surface area contributed by atoms with Crippen molar-refractivity contribution in [1.82, 2.24) is 0 Å². The lowest BCUT2D eigenvalue weighted by Crippen LogP contribution is -2.13. The van der Waals surface area contributed by atoms with Gasteiger partial charge < -0.3 is 0 Å². The highest BCUT2D eigenvalue weighted by molar-refractivity contribution is 6.51. The molecule has 0 nitrogen and oxygen atoms in total. The van der Waals surface area contributed by atoms with Crippen LogP contribution in [0.2, 0.25) is 6.55 Å². The molecule has 2 aromatic rings. The summed E-state index contributed by atoms with van der Waals surface area (Å²) < 4.78 is 14.5. The van der Waals surface area contributed by atoms with Crippen LogP contribution in [0, 0.1) is 23.6 Å². The van der Waals surface area contributed by atoms with Crippen LogP contribution in [0.1, 0.15) is 68.1 Å². The second-order valence-electron chi connectivity index (χ2n) is 7.55. The number of hydrogen-bond acceptors (Lipinski definition) is 0. The van der Waals surface area contributed by atoms with Crippen molar-refractivity contribution in [3.8, 4) is 11.8 Å². The van der Waals surface area contributed by atoms with E-state index in [9.17, 15) is 4.39 Å². The highest BCUT2D eigenvalue weighted by atomic mass is 28.2. The fourth-order valence-electron chi connectivity index (χ4n) is 4.04. The molecule has 3 rings (SSSR count). The van der Waals surface area contributed by atoms with Gasteiger partial charge in [0.05, 0.1) is 15.1 Å². The first-order valence-electron chi connectivity index (χ1n) is 10.1. The fourth-order valence-corrected chi connectivity index (χ4v) is 4.75. The Bertz CT molecular complexity index is 774. The third-order valence-electron chi connectivity index (χ3n) is 5.71. The van der Waals surface area contributed by atoms with Gasteiger partial charge in [0.2, 0.25) is 0 Å². The maximum absolute atomic E-state index is 14.5. The highest BCUT2D eigenvalue weighted by Crippen LogP contribution is 2.37. The molecule has 136 valence electrons. The summed E-state index contributed by atoms with van der Waals surface area (Å²) in [6, 6.07) is 14.0. The van der Waals surface area contributed by atoms with E-state index in [0.29, 0.717) is 11.5 Å². The largest absolute Gasteiger partial charge is 0.206 e. The van der Waals surface area contributed by atoms with Crippen LogP contribution in [0.5, 0.6) is 0 Å². The van der Waals surface area contributed by atoms with Crippen LogP contribution < -0.4 is 5.19 Å². The minimum atomic E-state index is -0.178. The van der Waals surface area contributed by atoms with Crippen LogP contribution in [0.3, 0.4) is 0 Å². The molecule has 1 fully saturated rings. The van der Waals surface area contributed by atoms with Gasteiger partial charge in [0.15, 0.2) is 0 Å². The molecular formula is C24H29FSi. The lowest BCUT2D eigenvalue weighted by Gasteiger charge is -2.28. The molecule has 0 bridgehead atoms. The van der Waals surface area contributed by atoms with Crippen molar-refractivity contribution in [3.05, 3.63) is 65.0 Å². The number of benzene rings is 2. The first kappa shape index (κ1) is 18.9. The van der Waals surface area contributed by atoms with Crippen LogP contribution in [0.15, 0.2) is 42.5 Å². The minimum Gasteiger partial charge on any atom is -0.206 e. The van der Waals surface area contributed by atoms with Crippen LogP contribution in [-0.4, -0.2) is 9.52 Å². The smallest absolute Gasteiger partial charge is 0.139 e. The van der Waals surface area contributed by atoms with E-state index in [4.69, 9.17) is 0 Å². The predicted molar refractivity (Wildman–Crippen MR) is 112 cm³/mol. The Hall–Kier alpha value is -1.85. The van der Waals surface area contributed by atoms with E-state index in [2.05, 4.69) is 43.5 Å². The summed E-state index contributed by atoms with van der Waals surface area (Å²) in [5, 5.41) is 1.43. The van der Waals surface area contributed by atoms with E-state index in [-0.39, 0.29) is 15.3 Å². The van der Waals surface area contributed by atoms with Gasteiger partial charge in [-0.15, -0.1) is 0 Å². The molecule has 0 aromatic heterocycles. The predicted octanol–water partition coefficient (Wildman–Crippen LogP) is 5.14. The summed E-state index contributed by atoms with van der Waals surface area (Å²) >= 11 is 0. The van der Waals surface area contributed by atoms with Crippen molar-refractivity contribution >= 4 is 14.7 Å². The molecule has 0 N–H and O–H groups in total. The zero-order chi connectivity index (χ0) is 18.4. The summed E-state index contributed by atoms with van der Waals surface area (Å²) in [6.07, 6.45) is 7.60. The van der Waals surface area contributed by atoms with E-state index >= 15 is 0 Å². The zero-order valence-electron chi connectivity index (χ0n) is 16.0. The van der Waals surface area contributed by atoms with Crippen LogP contribution >= 0.6 is 0 Å². The second kappa shape index (κ2) is 9.19. The van der Waals surface area contributed by atoms with E-state index in [1.807, 2.05) is 18.2 Å². The average molecular weight is 365 g/mol. The van der Waals surface area contributed by atoms with Crippen LogP contribution in [0.25, 0.3) is 0 Å². The molecule has 0 atom stereocenters. The molecular weight excluding hydrogens is 335 g/mol. The van der Waals surface area contributed by atoms with Gasteiger partial charge in [0, 0.05) is 5.56 Å². The van der Waals surface area contributed by atoms with E-state index in [1.54, 1.807) is 6.07 Å². The summed E-state index contributed by atoms with van der Waals surface area (Å²) in [4.78, 5) is 0. The van der Waals surface area contributed by atoms with Gasteiger partial charge in [-0.25, -0.2) is 4.39 Å². The van der Waals surface area contributed by atoms with E-state index < -0.39 is 0 Å². The summed E-state index contributed by atoms with van der Waals surface area (Å²) in [7, 11) is -0.125. The van der Waals surface area contributed by atoms with Crippen LogP contribution in [-0.2, 0) is 0 Å². The van der Waals surface area contributed by atoms with Gasteiger partial charge in [0.1, 0.15) is 5.82 Å². The Morgan fingerprint density at radius 2 is 1.73 bits per heavy atom. The van der Waals surface area contributed by atoms with E-state index in [0.717, 1.165) is 17.0 Å². The summed E-state index contributed by atoms with van der Waals surface area (Å²) in [6.45, 7) is 4.54. The van der Waals surface area contributed by atoms with Gasteiger partial charge in [-0.05, 0) is 67.3 Å². The molecule has 0 aliphatic heterocycles. The Labute approximate surface area is 160 Å². The van der Waals surface area contributed by atoms with Crippen LogP contribution in [0.4, 0.5) is 4.39 Å². The lowest BCUT2D eigenvalue weighted by molar-refractivity contribution is 0.308. The Kier molecular flexibility index (Phi) is 6.69. The first-order valence-corrected chi connectivity index (χ1v) is 12.2. The molecule has 26 heavy (non-hydrogen) atoms. The number of rotatable bonds is 4. The van der Waals surface area contributed by atoms with E-state index in [1.165, 1.54) is 43.7 Å². The maximum atomic E-state index is 14.5. The molecule has 0 radical (unpaired) electrons. The molecule has 0 amide bonds. The van der Waals surface area contributed by atoms with Crippen molar-refractivity contribution in [1.29, 1.82) is 0 Å². The average Bonchev–Trinajstić information content (AvgIpc) is 2.68. The van der Waals surface area contributed by atoms with Gasteiger partial charge in [-0.1, -0.05) is 61.5 Å². The topological polar surface area (TPSA) is 0 Å². The number of hydrogen-bond donors (Lipinski definition) is 0. The van der Waals surface area contributed by atoms with Crippen molar-refractivity contribution in [2.75, 3.05) is 0 Å². The van der Waals surface area contributed by atoms with Crippen molar-refractivity contribution in [3.63, 3.8) is 0 Å². The third kappa shape index (κ3) is 4.86. The Balaban J connectivity index is 1.67. The molecule has 0 saturated heterocycles. The minimum absolute atomic E-state index is 0.125. The standard InChI is InChI=1S/C24H29FSi/c1-3-4-18-5-10-20(11-6-18)22-14-13-21(24(25)17-22)12-7-19-8-15-23(26-2)16-9-19/h8-9,13-18,20H,3-6,10-11,26H2,1-2H3. The van der Waals surface area contributed by atoms with Gasteiger partial charge in [-0.3, -0.25) is 0 Å². The van der Waals surface area contributed by atoms with Gasteiger partial charge >= 0.3 is 0 Å². The fraction of sp³-hybridized carbons (Fsp3) is 0.417. The second-order valence-corrected chi connectivity index (χ2v) is 9.07. The molecule has 1 aliphatic rings. The highest BCUT2D eigenvalue weighted by Gasteiger charge is 2.22. The molecule has 2 aromatic carbocycles. The molecule has 0 heterocycles. The molecule has 1 saturated carbocycles. The van der Waals surface area contributed by atoms with Gasteiger partial charge in [-0.2, -0.15) is 0 Å². The SMILES string of the molecule is CCCC1CCC(c2ccc(C#Cc3ccc([SiH2]C)cc3)c(F)c2)CC1. The molecule has 0 spiro atoms. The monoisotopic (exact) mass is 364 g/mol. The normalized spacial score (nSPS) is 20.1. The van der Waals surface area contributed by atoms with Crippen molar-refractivity contribution < 1.29 is 4.39 Å². The third-order valence-corrected chi connectivity index (χ3v) is 7.00. The lowest BCUT2D eigenvalue weighted by atomic mass is 9.77. The Morgan fingerprint density at radius 3 is 2.35 bits per heavy atom. The van der Waals surface area contributed by atoms with Gasteiger partial charge in [0.25, 0.3) is 0 Å². The summed E-state index contributed by atoms with van der Waals surface area (Å²) in [5.41, 5.74) is 2.61.